The zero-order chi connectivity index (χ0) is 33.6. The largest absolute Gasteiger partial charge is 0.366 e. The van der Waals surface area contributed by atoms with E-state index in [0.29, 0.717) is 68.2 Å². The minimum atomic E-state index is -4.16. The Morgan fingerprint density at radius 2 is 1.87 bits per heavy atom. The molecule has 12 nitrogen and oxygen atoms in total. The number of nitrogens with zero attached hydrogens (tertiary/aromatic N) is 8. The highest BCUT2D eigenvalue weighted by molar-refractivity contribution is 7.89. The van der Waals surface area contributed by atoms with Crippen molar-refractivity contribution in [2.24, 2.45) is 5.92 Å². The molecule has 2 fully saturated rings. The predicted molar refractivity (Wildman–Crippen MR) is 173 cm³/mol. The average molecular weight is 695 g/mol. The third-order valence-corrected chi connectivity index (χ3v) is 13.0. The van der Waals surface area contributed by atoms with Gasteiger partial charge in [-0.3, -0.25) is 9.20 Å². The molecule has 0 atom stereocenters. The van der Waals surface area contributed by atoms with Gasteiger partial charge in [0, 0.05) is 58.5 Å². The van der Waals surface area contributed by atoms with Crippen LogP contribution in [0.2, 0.25) is 25.7 Å². The zero-order valence-corrected chi connectivity index (χ0v) is 29.6. The highest BCUT2D eigenvalue weighted by Crippen LogP contribution is 2.45. The summed E-state index contributed by atoms with van der Waals surface area (Å²) in [4.78, 5) is 20.8. The summed E-state index contributed by atoms with van der Waals surface area (Å²) in [6, 6.07) is 4.51. The molecule has 1 amide bonds. The molecule has 1 aliphatic heterocycles. The first-order chi connectivity index (χ1) is 21.6. The number of carbonyl (C=O) groups is 1. The van der Waals surface area contributed by atoms with Gasteiger partial charge < -0.3 is 14.5 Å². The van der Waals surface area contributed by atoms with Crippen LogP contribution in [0.25, 0.3) is 16.3 Å². The van der Waals surface area contributed by atoms with Crippen molar-refractivity contribution in [2.45, 2.75) is 76.2 Å². The van der Waals surface area contributed by atoms with Gasteiger partial charge >= 0.3 is 0 Å². The van der Waals surface area contributed by atoms with Crippen molar-refractivity contribution >= 4 is 46.5 Å². The van der Waals surface area contributed by atoms with Gasteiger partial charge in [-0.2, -0.15) is 9.57 Å². The molecule has 46 heavy (non-hydrogen) atoms. The van der Waals surface area contributed by atoms with E-state index in [2.05, 4.69) is 40.9 Å². The standard InChI is InChI=1S/C29H40F2N8O4S2Si/c1-19(2)28(40)37-11-9-36(10-12-37)22-15-20(45(41,42)39(29(3)7-8-29)18-43-13-14-46(4,5)6)17-38-23(22)21(16-32)33-25(38)27-35-34-26(44-27)24(30)31/h15,17,19,24H,7-14,18H2,1-6H3. The van der Waals surface area contributed by atoms with Crippen LogP contribution in [-0.2, 0) is 19.6 Å². The fourth-order valence-electron chi connectivity index (χ4n) is 5.33. The molecule has 1 saturated heterocycles. The van der Waals surface area contributed by atoms with Crippen molar-refractivity contribution in [3.05, 3.63) is 23.0 Å². The summed E-state index contributed by atoms with van der Waals surface area (Å²) >= 11 is 0.630. The summed E-state index contributed by atoms with van der Waals surface area (Å²) in [6.07, 6.45) is -0.111. The van der Waals surface area contributed by atoms with E-state index in [1.807, 2.05) is 25.7 Å². The molecule has 0 aromatic carbocycles. The van der Waals surface area contributed by atoms with Gasteiger partial charge in [-0.1, -0.05) is 44.8 Å². The summed E-state index contributed by atoms with van der Waals surface area (Å²) in [5.41, 5.74) is 0.137. The van der Waals surface area contributed by atoms with Crippen LogP contribution in [0.5, 0.6) is 0 Å². The van der Waals surface area contributed by atoms with E-state index < -0.39 is 35.1 Å². The normalized spacial score (nSPS) is 17.0. The molecular formula is C29H40F2N8O4S2Si. The van der Waals surface area contributed by atoms with Gasteiger partial charge in [0.1, 0.15) is 23.2 Å². The molecule has 3 aromatic heterocycles. The first-order valence-electron chi connectivity index (χ1n) is 15.3. The predicted octanol–water partition coefficient (Wildman–Crippen LogP) is 4.82. The van der Waals surface area contributed by atoms with Gasteiger partial charge in [0.05, 0.1) is 5.69 Å². The number of aromatic nitrogens is 4. The van der Waals surface area contributed by atoms with E-state index in [4.69, 9.17) is 4.74 Å². The fraction of sp³-hybridized carbons (Fsp3) is 0.621. The van der Waals surface area contributed by atoms with Crippen LogP contribution in [0.4, 0.5) is 14.5 Å². The number of ether oxygens (including phenoxy) is 1. The van der Waals surface area contributed by atoms with Crippen molar-refractivity contribution in [1.82, 2.24) is 28.8 Å². The number of halogens is 2. The van der Waals surface area contributed by atoms with Crippen molar-refractivity contribution in [1.29, 1.82) is 5.26 Å². The Morgan fingerprint density at radius 3 is 2.41 bits per heavy atom. The molecule has 0 radical (unpaired) electrons. The maximum atomic E-state index is 14.5. The number of piperazine rings is 1. The lowest BCUT2D eigenvalue weighted by Gasteiger charge is -2.37. The third kappa shape index (κ3) is 6.96. The Morgan fingerprint density at radius 1 is 1.20 bits per heavy atom. The number of anilines is 1. The number of hydrogen-bond acceptors (Lipinski definition) is 10. The molecule has 4 heterocycles. The van der Waals surface area contributed by atoms with Crippen LogP contribution in [0.1, 0.15) is 50.7 Å². The maximum Gasteiger partial charge on any atom is 0.291 e. The number of fused-ring (bicyclic) bond motifs is 1. The fourth-order valence-corrected chi connectivity index (χ4v) is 8.50. The Kier molecular flexibility index (Phi) is 9.59. The monoisotopic (exact) mass is 694 g/mol. The summed E-state index contributed by atoms with van der Waals surface area (Å²) in [7, 11) is -5.57. The minimum Gasteiger partial charge on any atom is -0.366 e. The molecule has 0 unspecified atom stereocenters. The van der Waals surface area contributed by atoms with Crippen LogP contribution < -0.4 is 4.90 Å². The number of pyridine rings is 1. The van der Waals surface area contributed by atoms with Crippen LogP contribution >= 0.6 is 11.3 Å². The second-order valence-corrected chi connectivity index (χ2v) is 22.1. The topological polar surface area (TPSA) is 137 Å². The van der Waals surface area contributed by atoms with E-state index in [0.717, 1.165) is 6.04 Å². The maximum absolute atomic E-state index is 14.5. The molecule has 17 heteroatoms. The van der Waals surface area contributed by atoms with Crippen LogP contribution in [0, 0.1) is 17.2 Å². The molecule has 1 saturated carbocycles. The molecule has 0 N–H and O–H groups in total. The van der Waals surface area contributed by atoms with Crippen LogP contribution in [0.3, 0.4) is 0 Å². The first-order valence-corrected chi connectivity index (χ1v) is 21.2. The van der Waals surface area contributed by atoms with Crippen molar-refractivity contribution in [2.75, 3.05) is 44.4 Å². The van der Waals surface area contributed by atoms with Gasteiger partial charge in [-0.15, -0.1) is 10.2 Å². The number of sulfonamides is 1. The number of rotatable bonds is 12. The van der Waals surface area contributed by atoms with Crippen LogP contribution in [0.15, 0.2) is 17.2 Å². The van der Waals surface area contributed by atoms with Crippen molar-refractivity contribution in [3.63, 3.8) is 0 Å². The Hall–Kier alpha value is -3.04. The number of imidazole rings is 1. The van der Waals surface area contributed by atoms with E-state index >= 15 is 0 Å². The second-order valence-electron chi connectivity index (χ2n) is 13.6. The van der Waals surface area contributed by atoms with Gasteiger partial charge in [-0.25, -0.2) is 22.2 Å². The van der Waals surface area contributed by atoms with E-state index in [9.17, 15) is 27.3 Å². The summed E-state index contributed by atoms with van der Waals surface area (Å²) in [6.45, 7) is 14.2. The summed E-state index contributed by atoms with van der Waals surface area (Å²) < 4.78 is 64.7. The lowest BCUT2D eigenvalue weighted by molar-refractivity contribution is -0.134. The number of alkyl halides is 2. The smallest absolute Gasteiger partial charge is 0.291 e. The summed E-state index contributed by atoms with van der Waals surface area (Å²) in [5.74, 6) is -0.0976. The molecule has 0 spiro atoms. The minimum absolute atomic E-state index is 0.0101. The Labute approximate surface area is 273 Å². The highest BCUT2D eigenvalue weighted by Gasteiger charge is 2.50. The van der Waals surface area contributed by atoms with Crippen LogP contribution in [-0.4, -0.2) is 96.2 Å². The number of amides is 1. The highest BCUT2D eigenvalue weighted by atomic mass is 32.2. The van der Waals surface area contributed by atoms with Gasteiger partial charge in [0.2, 0.25) is 15.9 Å². The molecular weight excluding hydrogens is 655 g/mol. The van der Waals surface area contributed by atoms with E-state index in [1.54, 1.807) is 11.0 Å². The van der Waals surface area contributed by atoms with E-state index in [1.165, 1.54) is 14.9 Å². The first kappa shape index (κ1) is 34.3. The Balaban J connectivity index is 1.62. The van der Waals surface area contributed by atoms with E-state index in [-0.39, 0.29) is 40.0 Å². The van der Waals surface area contributed by atoms with Gasteiger partial charge in [0.25, 0.3) is 6.43 Å². The number of hydrogen-bond donors (Lipinski definition) is 0. The molecule has 5 rings (SSSR count). The molecule has 0 bridgehead atoms. The molecule has 250 valence electrons. The SMILES string of the molecule is CC(C)C(=O)N1CCN(c2cc(S(=O)(=O)N(COCC[Si](C)(C)C)C3(C)CC3)cn3c(-c4nnc(C(F)F)s4)nc(C#N)c23)CC1. The third-order valence-electron chi connectivity index (χ3n) is 8.41. The van der Waals surface area contributed by atoms with Gasteiger partial charge in [0.15, 0.2) is 21.5 Å². The lowest BCUT2D eigenvalue weighted by atomic mass is 10.1. The number of nitriles is 1. The molecule has 1 aliphatic carbocycles. The lowest BCUT2D eigenvalue weighted by Crippen LogP contribution is -2.50. The quantitative estimate of drug-likeness (QED) is 0.148. The zero-order valence-electron chi connectivity index (χ0n) is 27.0. The molecule has 3 aromatic rings. The number of carbonyl (C=O) groups excluding carboxylic acids is 1. The van der Waals surface area contributed by atoms with Gasteiger partial charge in [-0.05, 0) is 31.9 Å². The van der Waals surface area contributed by atoms with Crippen molar-refractivity contribution in [3.8, 4) is 16.9 Å². The summed E-state index contributed by atoms with van der Waals surface area (Å²) in [5, 5.41) is 17.1. The average Bonchev–Trinajstić information content (AvgIpc) is 3.38. The second kappa shape index (κ2) is 12.9. The van der Waals surface area contributed by atoms with Crippen molar-refractivity contribution < 1.29 is 26.7 Å². The Bertz CT molecular complexity index is 1750. The molecule has 2 aliphatic rings.